The van der Waals surface area contributed by atoms with Crippen molar-refractivity contribution in [2.45, 2.75) is 32.4 Å². The second-order valence-corrected chi connectivity index (χ2v) is 3.96. The minimum atomic E-state index is 0.607. The molecule has 1 aliphatic rings. The van der Waals surface area contributed by atoms with E-state index >= 15 is 0 Å². The molecule has 70 valence electrons. The van der Waals surface area contributed by atoms with Crippen molar-refractivity contribution in [1.29, 1.82) is 0 Å². The molecule has 1 aliphatic carbocycles. The minimum absolute atomic E-state index is 0.607. The Hall–Kier alpha value is -0.600. The highest BCUT2D eigenvalue weighted by molar-refractivity contribution is 6.30. The molecule has 1 saturated carbocycles. The summed E-state index contributed by atoms with van der Waals surface area (Å²) in [6.07, 6.45) is 4.48. The van der Waals surface area contributed by atoms with E-state index in [0.717, 1.165) is 18.2 Å². The lowest BCUT2D eigenvalue weighted by molar-refractivity contribution is 0.685. The van der Waals surface area contributed by atoms with Crippen molar-refractivity contribution >= 4 is 11.6 Å². The number of nitrogens with zero attached hydrogens (tertiary/aromatic N) is 1. The van der Waals surface area contributed by atoms with Crippen LogP contribution in [0.5, 0.6) is 0 Å². The van der Waals surface area contributed by atoms with E-state index in [4.69, 9.17) is 11.6 Å². The van der Waals surface area contributed by atoms with Gasteiger partial charge in [-0.05, 0) is 30.9 Å². The van der Waals surface area contributed by atoms with Crippen LogP contribution in [-0.4, -0.2) is 11.0 Å². The number of aryl methyl sites for hydroxylation is 1. The molecule has 2 nitrogen and oxygen atoms in total. The van der Waals surface area contributed by atoms with Gasteiger partial charge in [0.1, 0.15) is 5.15 Å². The van der Waals surface area contributed by atoms with Crippen LogP contribution in [0, 0.1) is 6.92 Å². The van der Waals surface area contributed by atoms with Gasteiger partial charge in [-0.25, -0.2) is 4.98 Å². The number of hydrogen-bond acceptors (Lipinski definition) is 2. The number of rotatable bonds is 3. The van der Waals surface area contributed by atoms with Gasteiger partial charge in [-0.1, -0.05) is 17.7 Å². The molecule has 1 aromatic rings. The van der Waals surface area contributed by atoms with Gasteiger partial charge in [0.05, 0.1) is 0 Å². The van der Waals surface area contributed by atoms with E-state index in [1.54, 1.807) is 0 Å². The summed E-state index contributed by atoms with van der Waals surface area (Å²) in [5.74, 6) is 0. The Morgan fingerprint density at radius 1 is 1.62 bits per heavy atom. The first-order valence-electron chi connectivity index (χ1n) is 4.60. The highest BCUT2D eigenvalue weighted by Gasteiger charge is 2.19. The van der Waals surface area contributed by atoms with Crippen LogP contribution in [-0.2, 0) is 6.54 Å². The maximum Gasteiger partial charge on any atom is 0.131 e. The minimum Gasteiger partial charge on any atom is -0.310 e. The predicted octanol–water partition coefficient (Wildman–Crippen LogP) is 2.30. The zero-order valence-corrected chi connectivity index (χ0v) is 8.43. The Kier molecular flexibility index (Phi) is 2.51. The SMILES string of the molecule is Cc1cc(CNC2CC2)cnc1Cl. The fraction of sp³-hybridized carbons (Fsp3) is 0.500. The molecule has 0 aromatic carbocycles. The van der Waals surface area contributed by atoms with Crippen LogP contribution in [0.2, 0.25) is 5.15 Å². The molecule has 0 atom stereocenters. The zero-order valence-electron chi connectivity index (χ0n) is 7.68. The fourth-order valence-corrected chi connectivity index (χ4v) is 1.37. The van der Waals surface area contributed by atoms with Crippen molar-refractivity contribution < 1.29 is 0 Å². The van der Waals surface area contributed by atoms with Gasteiger partial charge in [0.15, 0.2) is 0 Å². The Morgan fingerprint density at radius 2 is 2.38 bits per heavy atom. The molecular formula is C10H13ClN2. The molecule has 13 heavy (non-hydrogen) atoms. The first kappa shape index (κ1) is 8.97. The second-order valence-electron chi connectivity index (χ2n) is 3.61. The molecule has 3 heteroatoms. The van der Waals surface area contributed by atoms with Crippen LogP contribution in [0.4, 0.5) is 0 Å². The number of nitrogens with one attached hydrogen (secondary N) is 1. The van der Waals surface area contributed by atoms with Gasteiger partial charge in [-0.2, -0.15) is 0 Å². The fourth-order valence-electron chi connectivity index (χ4n) is 1.26. The Morgan fingerprint density at radius 3 is 3.00 bits per heavy atom. The molecular weight excluding hydrogens is 184 g/mol. The average molecular weight is 197 g/mol. The third kappa shape index (κ3) is 2.42. The topological polar surface area (TPSA) is 24.9 Å². The van der Waals surface area contributed by atoms with E-state index in [9.17, 15) is 0 Å². The lowest BCUT2D eigenvalue weighted by Gasteiger charge is -2.04. The second kappa shape index (κ2) is 3.64. The normalized spacial score (nSPS) is 16.2. The molecule has 0 aliphatic heterocycles. The average Bonchev–Trinajstić information content (AvgIpc) is 2.91. The molecule has 2 rings (SSSR count). The summed E-state index contributed by atoms with van der Waals surface area (Å²) >= 11 is 5.82. The number of aromatic nitrogens is 1. The van der Waals surface area contributed by atoms with Gasteiger partial charge in [0, 0.05) is 18.8 Å². The van der Waals surface area contributed by atoms with E-state index in [0.29, 0.717) is 5.15 Å². The molecule has 0 radical (unpaired) electrons. The first-order valence-corrected chi connectivity index (χ1v) is 4.98. The largest absolute Gasteiger partial charge is 0.310 e. The Balaban J connectivity index is 1.98. The molecule has 0 saturated heterocycles. The van der Waals surface area contributed by atoms with Gasteiger partial charge in [0.2, 0.25) is 0 Å². The maximum absolute atomic E-state index is 5.82. The van der Waals surface area contributed by atoms with Crippen LogP contribution >= 0.6 is 11.6 Å². The van der Waals surface area contributed by atoms with E-state index in [1.165, 1.54) is 18.4 Å². The summed E-state index contributed by atoms with van der Waals surface area (Å²) < 4.78 is 0. The highest BCUT2D eigenvalue weighted by atomic mass is 35.5. The van der Waals surface area contributed by atoms with E-state index in [2.05, 4.69) is 16.4 Å². The molecule has 0 spiro atoms. The van der Waals surface area contributed by atoms with Crippen LogP contribution in [0.25, 0.3) is 0 Å². The van der Waals surface area contributed by atoms with Crippen LogP contribution in [0.3, 0.4) is 0 Å². The van der Waals surface area contributed by atoms with Gasteiger partial charge in [-0.3, -0.25) is 0 Å². The van der Waals surface area contributed by atoms with Gasteiger partial charge in [0.25, 0.3) is 0 Å². The monoisotopic (exact) mass is 196 g/mol. The third-order valence-electron chi connectivity index (χ3n) is 2.24. The Bertz CT molecular complexity index is 308. The van der Waals surface area contributed by atoms with Gasteiger partial charge >= 0.3 is 0 Å². The summed E-state index contributed by atoms with van der Waals surface area (Å²) in [5, 5.41) is 4.04. The first-order chi connectivity index (χ1) is 6.25. The molecule has 1 aromatic heterocycles. The molecule has 0 unspecified atom stereocenters. The summed E-state index contributed by atoms with van der Waals surface area (Å²) in [4.78, 5) is 4.10. The van der Waals surface area contributed by atoms with E-state index in [-0.39, 0.29) is 0 Å². The summed E-state index contributed by atoms with van der Waals surface area (Å²) in [6, 6.07) is 2.83. The van der Waals surface area contributed by atoms with Crippen LogP contribution in [0.15, 0.2) is 12.3 Å². The molecule has 1 N–H and O–H groups in total. The lowest BCUT2D eigenvalue weighted by Crippen LogP contribution is -2.15. The number of hydrogen-bond donors (Lipinski definition) is 1. The van der Waals surface area contributed by atoms with Crippen molar-refractivity contribution in [2.75, 3.05) is 0 Å². The van der Waals surface area contributed by atoms with Crippen molar-refractivity contribution in [3.05, 3.63) is 28.5 Å². The maximum atomic E-state index is 5.82. The van der Waals surface area contributed by atoms with Crippen molar-refractivity contribution in [2.24, 2.45) is 0 Å². The molecule has 0 amide bonds. The Labute approximate surface area is 83.3 Å². The van der Waals surface area contributed by atoms with Crippen molar-refractivity contribution in [3.8, 4) is 0 Å². The number of halogens is 1. The summed E-state index contributed by atoms with van der Waals surface area (Å²) in [7, 11) is 0. The lowest BCUT2D eigenvalue weighted by atomic mass is 10.2. The van der Waals surface area contributed by atoms with Crippen LogP contribution < -0.4 is 5.32 Å². The third-order valence-corrected chi connectivity index (χ3v) is 2.64. The molecule has 1 heterocycles. The summed E-state index contributed by atoms with van der Waals surface area (Å²) in [5.41, 5.74) is 2.27. The molecule has 0 bridgehead atoms. The van der Waals surface area contributed by atoms with E-state index < -0.39 is 0 Å². The van der Waals surface area contributed by atoms with E-state index in [1.807, 2.05) is 13.1 Å². The van der Waals surface area contributed by atoms with Crippen LogP contribution in [0.1, 0.15) is 24.0 Å². The van der Waals surface area contributed by atoms with Crippen molar-refractivity contribution in [3.63, 3.8) is 0 Å². The predicted molar refractivity (Wildman–Crippen MR) is 53.8 cm³/mol. The molecule has 1 fully saturated rings. The quantitative estimate of drug-likeness (QED) is 0.751. The highest BCUT2D eigenvalue weighted by Crippen LogP contribution is 2.19. The summed E-state index contributed by atoms with van der Waals surface area (Å²) in [6.45, 7) is 2.89. The van der Waals surface area contributed by atoms with Gasteiger partial charge < -0.3 is 5.32 Å². The van der Waals surface area contributed by atoms with Gasteiger partial charge in [-0.15, -0.1) is 0 Å². The smallest absolute Gasteiger partial charge is 0.131 e. The zero-order chi connectivity index (χ0) is 9.26. The van der Waals surface area contributed by atoms with Crippen molar-refractivity contribution in [1.82, 2.24) is 10.3 Å². The number of pyridine rings is 1. The standard InChI is InChI=1S/C10H13ClN2/c1-7-4-8(6-13-10(7)11)5-12-9-2-3-9/h4,6,9,12H,2-3,5H2,1H3.